The first-order valence-corrected chi connectivity index (χ1v) is 9.61. The van der Waals surface area contributed by atoms with E-state index in [-0.39, 0.29) is 12.3 Å². The predicted octanol–water partition coefficient (Wildman–Crippen LogP) is 4.40. The van der Waals surface area contributed by atoms with Crippen molar-refractivity contribution in [2.45, 2.75) is 32.7 Å². The van der Waals surface area contributed by atoms with E-state index in [0.717, 1.165) is 16.8 Å². The van der Waals surface area contributed by atoms with Crippen LogP contribution in [-0.4, -0.2) is 23.0 Å². The number of methoxy groups -OCH3 is 1. The van der Waals surface area contributed by atoms with Gasteiger partial charge in [0.25, 0.3) is 0 Å². The van der Waals surface area contributed by atoms with Gasteiger partial charge in [-0.05, 0) is 41.3 Å². The van der Waals surface area contributed by atoms with Crippen molar-refractivity contribution in [1.29, 1.82) is 0 Å². The van der Waals surface area contributed by atoms with Crippen molar-refractivity contribution >= 4 is 17.4 Å². The summed E-state index contributed by atoms with van der Waals surface area (Å²) in [5.41, 5.74) is 3.89. The predicted molar refractivity (Wildman–Crippen MR) is 115 cm³/mol. The number of nitrogens with zero attached hydrogens (tertiary/aromatic N) is 2. The molecule has 0 radical (unpaired) electrons. The molecule has 0 aliphatic carbocycles. The first kappa shape index (κ1) is 20.3. The van der Waals surface area contributed by atoms with Crippen LogP contribution in [0.25, 0.3) is 0 Å². The van der Waals surface area contributed by atoms with Gasteiger partial charge in [-0.2, -0.15) is 0 Å². The Morgan fingerprint density at radius 1 is 1.07 bits per heavy atom. The summed E-state index contributed by atoms with van der Waals surface area (Å²) in [6, 6.07) is 15.5. The highest BCUT2D eigenvalue weighted by Gasteiger charge is 2.10. The Bertz CT molecular complexity index is 955. The van der Waals surface area contributed by atoms with Crippen LogP contribution >= 0.6 is 0 Å². The maximum Gasteiger partial charge on any atom is 0.228 e. The first-order valence-electron chi connectivity index (χ1n) is 9.61. The third kappa shape index (κ3) is 5.78. The lowest BCUT2D eigenvalue weighted by Gasteiger charge is -2.12. The zero-order valence-electron chi connectivity index (χ0n) is 17.0. The first-order chi connectivity index (χ1) is 14.0. The molecule has 2 heterocycles. The highest BCUT2D eigenvalue weighted by Crippen LogP contribution is 2.19. The number of aromatic nitrogens is 2. The normalized spacial score (nSPS) is 10.6. The number of carbonyl (C=O) groups excluding carboxylic acids is 1. The fourth-order valence-corrected chi connectivity index (χ4v) is 2.93. The molecule has 0 bridgehead atoms. The number of nitrogens with one attached hydrogen (secondary N) is 2. The molecule has 3 aromatic rings. The van der Waals surface area contributed by atoms with Crippen LogP contribution in [0.1, 0.15) is 36.5 Å². The van der Waals surface area contributed by atoms with Crippen LogP contribution in [0.15, 0.2) is 60.9 Å². The smallest absolute Gasteiger partial charge is 0.228 e. The van der Waals surface area contributed by atoms with Crippen molar-refractivity contribution in [3.05, 3.63) is 77.6 Å². The molecule has 3 rings (SSSR count). The van der Waals surface area contributed by atoms with E-state index in [4.69, 9.17) is 4.74 Å². The van der Waals surface area contributed by atoms with Crippen LogP contribution in [-0.2, 0) is 17.8 Å². The quantitative estimate of drug-likeness (QED) is 0.596. The van der Waals surface area contributed by atoms with Gasteiger partial charge in [-0.3, -0.25) is 4.79 Å². The number of hydrogen-bond acceptors (Lipinski definition) is 5. The van der Waals surface area contributed by atoms with Gasteiger partial charge in [0.1, 0.15) is 5.82 Å². The number of amides is 1. The van der Waals surface area contributed by atoms with Gasteiger partial charge in [0, 0.05) is 36.3 Å². The van der Waals surface area contributed by atoms with Gasteiger partial charge in [0.2, 0.25) is 11.8 Å². The number of hydrogen-bond donors (Lipinski definition) is 2. The molecule has 29 heavy (non-hydrogen) atoms. The average molecular weight is 390 g/mol. The van der Waals surface area contributed by atoms with Crippen LogP contribution in [0, 0.1) is 0 Å². The minimum absolute atomic E-state index is 0.0797. The van der Waals surface area contributed by atoms with Crippen molar-refractivity contribution in [2.24, 2.45) is 0 Å². The minimum Gasteiger partial charge on any atom is -0.481 e. The summed E-state index contributed by atoms with van der Waals surface area (Å²) >= 11 is 0. The van der Waals surface area contributed by atoms with E-state index in [9.17, 15) is 4.79 Å². The van der Waals surface area contributed by atoms with E-state index in [1.54, 1.807) is 19.5 Å². The molecule has 0 saturated carbocycles. The molecule has 0 fully saturated rings. The van der Waals surface area contributed by atoms with Crippen LogP contribution in [0.3, 0.4) is 0 Å². The standard InChI is InChI=1S/C23H26N4O2/c1-16(2)18-6-8-20(9-7-18)27-21(28)14-19-5-4-11-25-23(19)26-15-17-10-12-24-22(13-17)29-3/h4-13,16H,14-15H2,1-3H3,(H,25,26)(H,27,28). The van der Waals surface area contributed by atoms with Crippen LogP contribution in [0.2, 0.25) is 0 Å². The van der Waals surface area contributed by atoms with Crippen LogP contribution in [0.4, 0.5) is 11.5 Å². The van der Waals surface area contributed by atoms with E-state index in [2.05, 4.69) is 34.4 Å². The maximum absolute atomic E-state index is 12.5. The van der Waals surface area contributed by atoms with Gasteiger partial charge in [0.15, 0.2) is 0 Å². The Balaban J connectivity index is 1.62. The molecule has 0 aliphatic rings. The lowest BCUT2D eigenvalue weighted by Crippen LogP contribution is -2.16. The SMILES string of the molecule is COc1cc(CNc2ncccc2CC(=O)Nc2ccc(C(C)C)cc2)ccn1. The van der Waals surface area contributed by atoms with E-state index in [1.807, 2.05) is 48.5 Å². The fraction of sp³-hybridized carbons (Fsp3) is 0.261. The second-order valence-corrected chi connectivity index (χ2v) is 7.07. The van der Waals surface area contributed by atoms with Crippen molar-refractivity contribution in [3.63, 3.8) is 0 Å². The third-order valence-electron chi connectivity index (χ3n) is 4.57. The molecule has 6 heteroatoms. The molecule has 2 aromatic heterocycles. The molecular formula is C23H26N4O2. The Labute approximate surface area is 171 Å². The van der Waals surface area contributed by atoms with E-state index in [0.29, 0.717) is 24.2 Å². The highest BCUT2D eigenvalue weighted by atomic mass is 16.5. The van der Waals surface area contributed by atoms with Crippen LogP contribution < -0.4 is 15.4 Å². The monoisotopic (exact) mass is 390 g/mol. The zero-order chi connectivity index (χ0) is 20.6. The summed E-state index contributed by atoms with van der Waals surface area (Å²) in [6.45, 7) is 4.85. The highest BCUT2D eigenvalue weighted by molar-refractivity contribution is 5.92. The average Bonchev–Trinajstić information content (AvgIpc) is 2.73. The number of rotatable bonds is 8. The fourth-order valence-electron chi connectivity index (χ4n) is 2.93. The molecule has 0 aliphatic heterocycles. The summed E-state index contributed by atoms with van der Waals surface area (Å²) < 4.78 is 5.15. The molecule has 6 nitrogen and oxygen atoms in total. The molecule has 150 valence electrons. The Morgan fingerprint density at radius 3 is 2.59 bits per heavy atom. The number of pyridine rings is 2. The van der Waals surface area contributed by atoms with E-state index < -0.39 is 0 Å². The molecule has 0 unspecified atom stereocenters. The van der Waals surface area contributed by atoms with Gasteiger partial charge in [-0.1, -0.05) is 32.0 Å². The number of carbonyl (C=O) groups is 1. The Kier molecular flexibility index (Phi) is 6.79. The third-order valence-corrected chi connectivity index (χ3v) is 4.57. The minimum atomic E-state index is -0.0797. The lowest BCUT2D eigenvalue weighted by molar-refractivity contribution is -0.115. The van der Waals surface area contributed by atoms with Gasteiger partial charge in [-0.15, -0.1) is 0 Å². The molecule has 1 aromatic carbocycles. The van der Waals surface area contributed by atoms with Crippen molar-refractivity contribution in [1.82, 2.24) is 9.97 Å². The summed E-state index contributed by atoms with van der Waals surface area (Å²) in [5, 5.41) is 6.25. The Hall–Kier alpha value is -3.41. The van der Waals surface area contributed by atoms with Crippen molar-refractivity contribution < 1.29 is 9.53 Å². The number of benzene rings is 1. The second kappa shape index (κ2) is 9.68. The summed E-state index contributed by atoms with van der Waals surface area (Å²) in [4.78, 5) is 21.0. The van der Waals surface area contributed by atoms with Crippen LogP contribution in [0.5, 0.6) is 5.88 Å². The van der Waals surface area contributed by atoms with Crippen molar-refractivity contribution in [3.8, 4) is 5.88 Å². The Morgan fingerprint density at radius 2 is 1.86 bits per heavy atom. The summed E-state index contributed by atoms with van der Waals surface area (Å²) in [7, 11) is 1.59. The molecule has 0 saturated heterocycles. The van der Waals surface area contributed by atoms with Crippen molar-refractivity contribution in [2.75, 3.05) is 17.7 Å². The van der Waals surface area contributed by atoms with Gasteiger partial charge < -0.3 is 15.4 Å². The molecular weight excluding hydrogens is 364 g/mol. The number of anilines is 2. The van der Waals surface area contributed by atoms with Gasteiger partial charge in [-0.25, -0.2) is 9.97 Å². The summed E-state index contributed by atoms with van der Waals surface area (Å²) in [5.74, 6) is 1.63. The number of ether oxygens (including phenoxy) is 1. The maximum atomic E-state index is 12.5. The molecule has 0 atom stereocenters. The zero-order valence-corrected chi connectivity index (χ0v) is 17.0. The topological polar surface area (TPSA) is 76.1 Å². The summed E-state index contributed by atoms with van der Waals surface area (Å²) in [6.07, 6.45) is 3.65. The second-order valence-electron chi connectivity index (χ2n) is 7.07. The van der Waals surface area contributed by atoms with Gasteiger partial charge in [0.05, 0.1) is 13.5 Å². The largest absolute Gasteiger partial charge is 0.481 e. The van der Waals surface area contributed by atoms with Gasteiger partial charge >= 0.3 is 0 Å². The molecule has 1 amide bonds. The van der Waals surface area contributed by atoms with E-state index in [1.165, 1.54) is 5.56 Å². The molecule has 2 N–H and O–H groups in total. The lowest BCUT2D eigenvalue weighted by atomic mass is 10.0. The van der Waals surface area contributed by atoms with E-state index >= 15 is 0 Å². The molecule has 0 spiro atoms.